The van der Waals surface area contributed by atoms with Crippen molar-refractivity contribution in [2.45, 2.75) is 108 Å². The molecule has 0 aromatic heterocycles. The molecule has 0 aliphatic carbocycles. The predicted octanol–water partition coefficient (Wildman–Crippen LogP) is 3.74. The van der Waals surface area contributed by atoms with E-state index in [-0.39, 0.29) is 101 Å². The third-order valence-corrected chi connectivity index (χ3v) is 12.8. The summed E-state index contributed by atoms with van der Waals surface area (Å²) in [7, 11) is -3.44. The first-order valence-corrected chi connectivity index (χ1v) is 25.0. The second-order valence-corrected chi connectivity index (χ2v) is 18.7. The number of unbranched alkanes of at least 4 members (excludes halogenated alkanes) is 6. The van der Waals surface area contributed by atoms with Crippen molar-refractivity contribution in [1.29, 1.82) is 0 Å². The summed E-state index contributed by atoms with van der Waals surface area (Å²) in [6.07, 6.45) is 10.0. The molecular weight excluding hydrogens is 926 g/mol. The average molecular weight is 994 g/mol. The molecular formula is C48H68N8O10SSc-4. The molecule has 3 heterocycles. The predicted molar refractivity (Wildman–Crippen MR) is 254 cm³/mol. The zero-order chi connectivity index (χ0) is 48.8. The second kappa shape index (κ2) is 30.3. The zero-order valence-electron chi connectivity index (χ0n) is 39.2. The Labute approximate surface area is 420 Å². The SMILES string of the molecule is [CH2-]C(N[CH-]NC(=O)[C@H](CCOCCCC(=O)NCCCCCCCCNc1cccc2c1C(=O)N(C1CCC(=O)NC1=O)C2=O)NC(=O)C1CCN(S(C)(=O)=O)C1)c1ccccc1.[CH2-]CC[CH2-].[Sc]. The molecule has 20 heteroatoms. The van der Waals surface area contributed by atoms with Crippen LogP contribution in [-0.2, 0) is 64.6 Å². The third-order valence-electron chi connectivity index (χ3n) is 11.5. The van der Waals surface area contributed by atoms with Gasteiger partial charge in [-0.1, -0.05) is 67.6 Å². The van der Waals surface area contributed by atoms with E-state index >= 15 is 0 Å². The number of rotatable bonds is 27. The van der Waals surface area contributed by atoms with E-state index in [0.29, 0.717) is 31.6 Å². The number of fused-ring (bicyclic) bond motifs is 1. The fourth-order valence-electron chi connectivity index (χ4n) is 7.69. The minimum absolute atomic E-state index is 0. The molecule has 5 rings (SSSR count). The first-order valence-electron chi connectivity index (χ1n) is 23.2. The van der Waals surface area contributed by atoms with E-state index in [9.17, 15) is 42.0 Å². The van der Waals surface area contributed by atoms with E-state index in [4.69, 9.17) is 4.74 Å². The molecule has 3 aliphatic heterocycles. The van der Waals surface area contributed by atoms with Crippen molar-refractivity contribution in [2.75, 3.05) is 51.0 Å². The van der Waals surface area contributed by atoms with Gasteiger partial charge in [0.15, 0.2) is 0 Å². The Morgan fingerprint density at radius 2 is 1.57 bits per heavy atom. The molecule has 7 amide bonds. The minimum Gasteiger partial charge on any atom is -0.490 e. The van der Waals surface area contributed by atoms with Crippen molar-refractivity contribution in [3.8, 4) is 0 Å². The number of imide groups is 2. The number of carbonyl (C=O) groups is 7. The molecule has 3 aliphatic rings. The van der Waals surface area contributed by atoms with E-state index in [1.54, 1.807) is 18.2 Å². The number of sulfonamides is 1. The summed E-state index contributed by atoms with van der Waals surface area (Å²) in [4.78, 5) is 89.9. The van der Waals surface area contributed by atoms with Crippen LogP contribution in [0.4, 0.5) is 5.69 Å². The van der Waals surface area contributed by atoms with Gasteiger partial charge in [0, 0.05) is 83.8 Å². The molecule has 0 saturated carbocycles. The number of nitrogens with one attached hydrogen (secondary N) is 6. The molecule has 2 aromatic rings. The Morgan fingerprint density at radius 1 is 0.882 bits per heavy atom. The maximum Gasteiger partial charge on any atom is 0.264 e. The first-order chi connectivity index (χ1) is 32.2. The van der Waals surface area contributed by atoms with Gasteiger partial charge in [-0.2, -0.15) is 6.67 Å². The molecule has 68 heavy (non-hydrogen) atoms. The van der Waals surface area contributed by atoms with Crippen molar-refractivity contribution in [3.63, 3.8) is 0 Å². The van der Waals surface area contributed by atoms with E-state index < -0.39 is 63.5 Å². The molecule has 0 bridgehead atoms. The van der Waals surface area contributed by atoms with E-state index in [1.165, 1.54) is 11.0 Å². The van der Waals surface area contributed by atoms with Crippen LogP contribution >= 0.6 is 0 Å². The fourth-order valence-corrected chi connectivity index (χ4v) is 8.58. The maximum atomic E-state index is 13.3. The minimum atomic E-state index is -3.44. The molecule has 4 atom stereocenters. The van der Waals surface area contributed by atoms with Gasteiger partial charge in [0.1, 0.15) is 12.1 Å². The van der Waals surface area contributed by atoms with Crippen LogP contribution in [0, 0.1) is 33.4 Å². The third kappa shape index (κ3) is 18.5. The molecule has 3 unspecified atom stereocenters. The van der Waals surface area contributed by atoms with Gasteiger partial charge in [-0.15, -0.1) is 6.04 Å². The molecule has 0 spiro atoms. The van der Waals surface area contributed by atoms with Crippen LogP contribution in [0.2, 0.25) is 0 Å². The van der Waals surface area contributed by atoms with Crippen LogP contribution in [0.25, 0.3) is 0 Å². The van der Waals surface area contributed by atoms with E-state index in [0.717, 1.165) is 68.1 Å². The number of amides is 7. The van der Waals surface area contributed by atoms with Crippen molar-refractivity contribution < 1.29 is 72.6 Å². The van der Waals surface area contributed by atoms with Gasteiger partial charge < -0.3 is 52.1 Å². The quantitative estimate of drug-likeness (QED) is 0.0427. The summed E-state index contributed by atoms with van der Waals surface area (Å²) >= 11 is 0. The Morgan fingerprint density at radius 3 is 2.24 bits per heavy atom. The molecule has 1 radical (unpaired) electrons. The number of hydrogen-bond acceptors (Lipinski definition) is 12. The van der Waals surface area contributed by atoms with Gasteiger partial charge in [0.05, 0.1) is 23.3 Å². The number of hydrogen-bond donors (Lipinski definition) is 6. The van der Waals surface area contributed by atoms with Crippen LogP contribution in [0.15, 0.2) is 48.5 Å². The van der Waals surface area contributed by atoms with Gasteiger partial charge in [0.2, 0.25) is 39.6 Å². The van der Waals surface area contributed by atoms with E-state index in [1.807, 2.05) is 30.3 Å². The molecule has 2 aromatic carbocycles. The largest absolute Gasteiger partial charge is 0.490 e. The Balaban J connectivity index is 0.00000235. The molecule has 2 fully saturated rings. The maximum absolute atomic E-state index is 13.3. The van der Waals surface area contributed by atoms with Crippen LogP contribution in [0.3, 0.4) is 0 Å². The van der Waals surface area contributed by atoms with E-state index in [2.05, 4.69) is 52.7 Å². The van der Waals surface area contributed by atoms with Crippen molar-refractivity contribution in [2.24, 2.45) is 5.92 Å². The summed E-state index contributed by atoms with van der Waals surface area (Å²) in [6.45, 7) is 14.4. The summed E-state index contributed by atoms with van der Waals surface area (Å²) in [5, 5.41) is 16.9. The number of ether oxygens (including phenoxy) is 1. The van der Waals surface area contributed by atoms with Gasteiger partial charge in [0.25, 0.3) is 11.8 Å². The molecule has 2 saturated heterocycles. The summed E-state index contributed by atoms with van der Waals surface area (Å²) < 4.78 is 30.9. The molecule has 373 valence electrons. The monoisotopic (exact) mass is 993 g/mol. The van der Waals surface area contributed by atoms with Gasteiger partial charge >= 0.3 is 0 Å². The Hall–Kier alpha value is -4.37. The van der Waals surface area contributed by atoms with Crippen molar-refractivity contribution in [1.82, 2.24) is 35.8 Å². The number of benzene rings is 2. The Bertz CT molecular complexity index is 2090. The number of piperidine rings is 1. The van der Waals surface area contributed by atoms with Crippen LogP contribution in [0.5, 0.6) is 0 Å². The smallest absolute Gasteiger partial charge is 0.264 e. The van der Waals surface area contributed by atoms with Crippen LogP contribution < -0.4 is 31.9 Å². The molecule has 6 N–H and O–H groups in total. The summed E-state index contributed by atoms with van der Waals surface area (Å²) in [5.74, 6) is -3.67. The number of nitrogens with zero attached hydrogens (tertiary/aromatic N) is 2. The zero-order valence-corrected chi connectivity index (χ0v) is 41.9. The average Bonchev–Trinajstić information content (AvgIpc) is 3.92. The van der Waals surface area contributed by atoms with Gasteiger partial charge in [-0.3, -0.25) is 43.8 Å². The first kappa shape index (κ1) is 57.9. The van der Waals surface area contributed by atoms with Gasteiger partial charge in [-0.25, -0.2) is 25.6 Å². The normalized spacial score (nSPS) is 17.8. The summed E-state index contributed by atoms with van der Waals surface area (Å²) in [5.41, 5.74) is 1.95. The number of anilines is 1. The number of carbonyl (C=O) groups excluding carboxylic acids is 7. The summed E-state index contributed by atoms with van der Waals surface area (Å²) in [6, 6.07) is 12.2. The van der Waals surface area contributed by atoms with Crippen LogP contribution in [0.1, 0.15) is 122 Å². The second-order valence-electron chi connectivity index (χ2n) is 16.7. The van der Waals surface area contributed by atoms with Gasteiger partial charge in [-0.05, 0) is 50.7 Å². The Kier molecular flexibility index (Phi) is 25.8. The van der Waals surface area contributed by atoms with Crippen LogP contribution in [-0.4, -0.2) is 117 Å². The topological polar surface area (TPSA) is 242 Å². The molecule has 18 nitrogen and oxygen atoms in total. The van der Waals surface area contributed by atoms with Crippen molar-refractivity contribution in [3.05, 3.63) is 92.7 Å². The standard InChI is InChI=1S/C44H60N8O10S.C4H8.Sc/c1-30(31-14-8-7-9-15-31)47-29-48-41(56)35(49-40(55)32-21-25-51(28-32)63(2,60)61)22-27-62-26-13-18-37(53)46-24-11-6-4-3-5-10-23-45-34-17-12-16-33-39(34)44(59)52(43(33)58)36-19-20-38(54)50-42(36)57;1-3-4-2;/h7-9,12,14-17,29-30,32,35-36,45,47H,1,3-6,10-11,13,18-28H2,2H3,(H,46,53)(H,48,56)(H,49,55)(H,50,54,57);1-4H2;/q2*-2;/t30?,32?,35-,36?;;/m0../s1. The fraction of sp³-hybridized carbons (Fsp3) is 0.521. The van der Waals surface area contributed by atoms with Crippen molar-refractivity contribution >= 4 is 57.1 Å².